The molecule has 0 radical (unpaired) electrons. The van der Waals surface area contributed by atoms with Gasteiger partial charge in [0.25, 0.3) is 0 Å². The highest BCUT2D eigenvalue weighted by molar-refractivity contribution is 14.1. The molecule has 1 heterocycles. The summed E-state index contributed by atoms with van der Waals surface area (Å²) in [6.07, 6.45) is 1.96. The van der Waals surface area contributed by atoms with Crippen molar-refractivity contribution in [2.24, 2.45) is 5.92 Å². The van der Waals surface area contributed by atoms with Crippen molar-refractivity contribution in [3.63, 3.8) is 0 Å². The van der Waals surface area contributed by atoms with Crippen LogP contribution in [0.1, 0.15) is 19.5 Å². The third-order valence-corrected chi connectivity index (χ3v) is 3.53. The van der Waals surface area contributed by atoms with Gasteiger partial charge in [-0.25, -0.2) is 9.37 Å². The number of anilines is 1. The number of rotatable bonds is 4. The first-order valence-electron chi connectivity index (χ1n) is 6.22. The minimum atomic E-state index is -0.221. The number of hydrogen-bond acceptors (Lipinski definition) is 2. The van der Waals surface area contributed by atoms with Gasteiger partial charge in [0.05, 0.1) is 11.4 Å². The number of hydrogen-bond donors (Lipinski definition) is 1. The lowest BCUT2D eigenvalue weighted by Gasteiger charge is -2.12. The fourth-order valence-electron chi connectivity index (χ4n) is 1.78. The molecule has 0 fully saturated rings. The summed E-state index contributed by atoms with van der Waals surface area (Å²) in [6.45, 7) is 7.10. The second-order valence-electron chi connectivity index (χ2n) is 4.95. The van der Waals surface area contributed by atoms with Gasteiger partial charge in [0.15, 0.2) is 0 Å². The quantitative estimate of drug-likeness (QED) is 0.822. The summed E-state index contributed by atoms with van der Waals surface area (Å²) in [4.78, 5) is 4.48. The third kappa shape index (κ3) is 3.46. The number of nitrogens with one attached hydrogen (secondary N) is 1. The van der Waals surface area contributed by atoms with Crippen LogP contribution in [-0.4, -0.2) is 16.1 Å². The van der Waals surface area contributed by atoms with Crippen LogP contribution in [-0.2, 0) is 0 Å². The third-order valence-electron chi connectivity index (χ3n) is 2.66. The van der Waals surface area contributed by atoms with Gasteiger partial charge in [0, 0.05) is 16.3 Å². The van der Waals surface area contributed by atoms with Gasteiger partial charge >= 0.3 is 0 Å². The molecule has 0 bridgehead atoms. The second kappa shape index (κ2) is 5.90. The highest BCUT2D eigenvalue weighted by Gasteiger charge is 2.11. The van der Waals surface area contributed by atoms with Crippen molar-refractivity contribution in [3.8, 4) is 5.69 Å². The highest BCUT2D eigenvalue weighted by atomic mass is 127. The van der Waals surface area contributed by atoms with Gasteiger partial charge < -0.3 is 5.32 Å². The summed E-state index contributed by atoms with van der Waals surface area (Å²) in [5.74, 6) is 1.12. The molecule has 5 heteroatoms. The van der Waals surface area contributed by atoms with Crippen LogP contribution >= 0.6 is 22.6 Å². The lowest BCUT2D eigenvalue weighted by Crippen LogP contribution is -2.12. The number of nitrogens with zero attached hydrogens (tertiary/aromatic N) is 2. The van der Waals surface area contributed by atoms with E-state index in [0.29, 0.717) is 5.92 Å². The van der Waals surface area contributed by atoms with E-state index in [9.17, 15) is 4.39 Å². The number of aromatic nitrogens is 2. The maximum Gasteiger partial charge on any atom is 0.207 e. The van der Waals surface area contributed by atoms with Gasteiger partial charge in [0.2, 0.25) is 5.95 Å². The van der Waals surface area contributed by atoms with E-state index in [1.807, 2.05) is 17.7 Å². The van der Waals surface area contributed by atoms with Gasteiger partial charge in [-0.05, 0) is 53.6 Å². The zero-order chi connectivity index (χ0) is 14.0. The molecule has 0 saturated heterocycles. The molecule has 0 aliphatic rings. The number of benzene rings is 1. The Hall–Kier alpha value is -1.11. The van der Waals surface area contributed by atoms with Gasteiger partial charge in [-0.3, -0.25) is 4.57 Å². The van der Waals surface area contributed by atoms with Gasteiger partial charge in [-0.15, -0.1) is 0 Å². The van der Waals surface area contributed by atoms with Crippen molar-refractivity contribution in [3.05, 3.63) is 39.5 Å². The average Bonchev–Trinajstić information content (AvgIpc) is 2.67. The Morgan fingerprint density at radius 1 is 1.42 bits per heavy atom. The average molecular weight is 373 g/mol. The predicted molar refractivity (Wildman–Crippen MR) is 84.3 cm³/mol. The zero-order valence-corrected chi connectivity index (χ0v) is 13.4. The van der Waals surface area contributed by atoms with Gasteiger partial charge in [0.1, 0.15) is 5.82 Å². The van der Waals surface area contributed by atoms with Crippen molar-refractivity contribution in [2.75, 3.05) is 11.9 Å². The summed E-state index contributed by atoms with van der Waals surface area (Å²) >= 11 is 2.14. The summed E-state index contributed by atoms with van der Waals surface area (Å²) in [7, 11) is 0. The molecule has 0 unspecified atom stereocenters. The van der Waals surface area contributed by atoms with Crippen LogP contribution < -0.4 is 5.32 Å². The van der Waals surface area contributed by atoms with Crippen LogP contribution in [0, 0.1) is 22.2 Å². The summed E-state index contributed by atoms with van der Waals surface area (Å²) in [5, 5.41) is 3.33. The fourth-order valence-corrected chi connectivity index (χ4v) is 2.52. The lowest BCUT2D eigenvalue weighted by atomic mass is 10.2. The van der Waals surface area contributed by atoms with E-state index in [0.717, 1.165) is 27.4 Å². The van der Waals surface area contributed by atoms with Crippen molar-refractivity contribution in [2.45, 2.75) is 20.8 Å². The monoisotopic (exact) mass is 373 g/mol. The topological polar surface area (TPSA) is 29.9 Å². The minimum Gasteiger partial charge on any atom is -0.355 e. The SMILES string of the molecule is Cc1cn(-c2ccc(F)cc2I)c(NCC(C)C)n1. The standard InChI is InChI=1S/C14H17FIN3/c1-9(2)7-17-14-18-10(3)8-19(14)13-5-4-11(15)6-12(13)16/h4-6,8-9H,7H2,1-3H3,(H,17,18). The maximum atomic E-state index is 13.2. The lowest BCUT2D eigenvalue weighted by molar-refractivity contribution is 0.626. The second-order valence-corrected chi connectivity index (χ2v) is 6.11. The van der Waals surface area contributed by atoms with Crippen molar-refractivity contribution in [1.29, 1.82) is 0 Å². The summed E-state index contributed by atoms with van der Waals surface area (Å²) in [6, 6.07) is 4.77. The molecule has 3 nitrogen and oxygen atoms in total. The number of imidazole rings is 1. The Morgan fingerprint density at radius 2 is 2.16 bits per heavy atom. The predicted octanol–water partition coefficient (Wildman–Crippen LogP) is 3.99. The molecule has 1 aromatic heterocycles. The molecule has 0 aliphatic heterocycles. The molecule has 0 spiro atoms. The first-order valence-corrected chi connectivity index (χ1v) is 7.30. The highest BCUT2D eigenvalue weighted by Crippen LogP contribution is 2.22. The first-order chi connectivity index (χ1) is 8.97. The molecule has 0 atom stereocenters. The number of aryl methyl sites for hydroxylation is 1. The van der Waals surface area contributed by atoms with E-state index >= 15 is 0 Å². The van der Waals surface area contributed by atoms with Crippen LogP contribution in [0.4, 0.5) is 10.3 Å². The first kappa shape index (κ1) is 14.3. The van der Waals surface area contributed by atoms with E-state index in [1.54, 1.807) is 6.07 Å². The molecule has 2 rings (SSSR count). The fraction of sp³-hybridized carbons (Fsp3) is 0.357. The molecule has 1 N–H and O–H groups in total. The van der Waals surface area contributed by atoms with Crippen LogP contribution in [0.2, 0.25) is 0 Å². The molecular weight excluding hydrogens is 356 g/mol. The Morgan fingerprint density at radius 3 is 2.79 bits per heavy atom. The normalized spacial score (nSPS) is 11.1. The molecule has 1 aromatic carbocycles. The van der Waals surface area contributed by atoms with Crippen LogP contribution in [0.25, 0.3) is 5.69 Å². The Kier molecular flexibility index (Phi) is 4.44. The Bertz CT molecular complexity index is 578. The zero-order valence-electron chi connectivity index (χ0n) is 11.2. The molecular formula is C14H17FIN3. The largest absolute Gasteiger partial charge is 0.355 e. The van der Waals surface area contributed by atoms with E-state index in [-0.39, 0.29) is 5.82 Å². The summed E-state index contributed by atoms with van der Waals surface area (Å²) in [5.41, 5.74) is 1.88. The van der Waals surface area contributed by atoms with Gasteiger partial charge in [-0.1, -0.05) is 13.8 Å². The summed E-state index contributed by atoms with van der Waals surface area (Å²) < 4.78 is 16.0. The smallest absolute Gasteiger partial charge is 0.207 e. The van der Waals surface area contributed by atoms with Crippen LogP contribution in [0.15, 0.2) is 24.4 Å². The number of halogens is 2. The van der Waals surface area contributed by atoms with Crippen molar-refractivity contribution in [1.82, 2.24) is 9.55 Å². The molecule has 0 saturated carbocycles. The van der Waals surface area contributed by atoms with E-state index in [2.05, 4.69) is 46.7 Å². The van der Waals surface area contributed by atoms with E-state index in [1.165, 1.54) is 12.1 Å². The Labute approximate surface area is 126 Å². The molecule has 102 valence electrons. The van der Waals surface area contributed by atoms with Gasteiger partial charge in [-0.2, -0.15) is 0 Å². The van der Waals surface area contributed by atoms with E-state index in [4.69, 9.17) is 0 Å². The van der Waals surface area contributed by atoms with E-state index < -0.39 is 0 Å². The minimum absolute atomic E-state index is 0.221. The molecule has 0 amide bonds. The van der Waals surface area contributed by atoms with Crippen LogP contribution in [0.5, 0.6) is 0 Å². The van der Waals surface area contributed by atoms with Crippen LogP contribution in [0.3, 0.4) is 0 Å². The molecule has 19 heavy (non-hydrogen) atoms. The Balaban J connectivity index is 2.38. The van der Waals surface area contributed by atoms with Crippen molar-refractivity contribution >= 4 is 28.5 Å². The van der Waals surface area contributed by atoms with Crippen molar-refractivity contribution < 1.29 is 4.39 Å². The molecule has 0 aliphatic carbocycles. The maximum absolute atomic E-state index is 13.2. The molecule has 2 aromatic rings.